The first-order chi connectivity index (χ1) is 10.4. The highest BCUT2D eigenvalue weighted by molar-refractivity contribution is 5.40. The summed E-state index contributed by atoms with van der Waals surface area (Å²) in [6.07, 6.45) is 1.16. The number of hydrogen-bond acceptors (Lipinski definition) is 3. The van der Waals surface area contributed by atoms with Crippen LogP contribution in [-0.4, -0.2) is 13.2 Å². The van der Waals surface area contributed by atoms with Crippen LogP contribution < -0.4 is 10.1 Å². The Hall–Kier alpha value is -2.31. The Bertz CT molecular complexity index is 660. The Morgan fingerprint density at radius 1 is 1.14 bits per heavy atom. The molecule has 106 valence electrons. The fraction of sp³-hybridized carbons (Fsp3) is 0.278. The van der Waals surface area contributed by atoms with E-state index >= 15 is 0 Å². The molecule has 21 heavy (non-hydrogen) atoms. The summed E-state index contributed by atoms with van der Waals surface area (Å²) in [6, 6.07) is 18.5. The van der Waals surface area contributed by atoms with Gasteiger partial charge in [0, 0.05) is 24.6 Å². The molecule has 1 atom stereocenters. The molecule has 0 saturated carbocycles. The summed E-state index contributed by atoms with van der Waals surface area (Å²) in [4.78, 5) is 0. The summed E-state index contributed by atoms with van der Waals surface area (Å²) in [5, 5.41) is 12.1. The Morgan fingerprint density at radius 3 is 2.81 bits per heavy atom. The van der Waals surface area contributed by atoms with Gasteiger partial charge in [-0.15, -0.1) is 0 Å². The molecule has 0 aliphatic heterocycles. The van der Waals surface area contributed by atoms with Gasteiger partial charge in [0.1, 0.15) is 11.8 Å². The van der Waals surface area contributed by atoms with E-state index in [1.165, 1.54) is 11.1 Å². The van der Waals surface area contributed by atoms with E-state index in [0.717, 1.165) is 30.8 Å². The molecule has 3 heteroatoms. The van der Waals surface area contributed by atoms with Gasteiger partial charge >= 0.3 is 0 Å². The quantitative estimate of drug-likeness (QED) is 0.883. The Kier molecular flexibility index (Phi) is 4.18. The summed E-state index contributed by atoms with van der Waals surface area (Å²) in [6.45, 7) is 1.83. The summed E-state index contributed by atoms with van der Waals surface area (Å²) in [5.74, 6) is 1.41. The molecular weight excluding hydrogens is 260 g/mol. The van der Waals surface area contributed by atoms with Crippen LogP contribution in [0.2, 0.25) is 0 Å². The number of hydrogen-bond donors (Lipinski definition) is 1. The van der Waals surface area contributed by atoms with Gasteiger partial charge in [-0.3, -0.25) is 0 Å². The second kappa shape index (κ2) is 6.43. The minimum Gasteiger partial charge on any atom is -0.478 e. The average Bonchev–Trinajstić information content (AvgIpc) is 2.50. The lowest BCUT2D eigenvalue weighted by Gasteiger charge is -2.30. The number of para-hydroxylation sites is 1. The number of nitrogens with zero attached hydrogens (tertiary/aromatic N) is 1. The number of fused-ring (bicyclic) bond motifs is 1. The zero-order valence-electron chi connectivity index (χ0n) is 11.9. The topological polar surface area (TPSA) is 45.0 Å². The van der Waals surface area contributed by atoms with Crippen molar-refractivity contribution in [2.75, 3.05) is 13.2 Å². The molecule has 0 bridgehead atoms. The summed E-state index contributed by atoms with van der Waals surface area (Å²) < 4.78 is 5.44. The highest BCUT2D eigenvalue weighted by Crippen LogP contribution is 2.34. The number of ether oxygens (including phenoxy) is 1. The lowest BCUT2D eigenvalue weighted by atomic mass is 9.77. The van der Waals surface area contributed by atoms with E-state index in [2.05, 4.69) is 29.6 Å². The monoisotopic (exact) mass is 278 g/mol. The fourth-order valence-electron chi connectivity index (χ4n) is 2.83. The van der Waals surface area contributed by atoms with Crippen molar-refractivity contribution in [2.45, 2.75) is 18.9 Å². The number of rotatable bonds is 6. The SMILES string of the molecule is N#CCOc1ccccc1CNCC1Cc2ccccc21. The minimum absolute atomic E-state index is 0.0903. The molecule has 1 unspecified atom stereocenters. The first-order valence-corrected chi connectivity index (χ1v) is 7.24. The van der Waals surface area contributed by atoms with Gasteiger partial charge in [-0.2, -0.15) is 5.26 Å². The third-order valence-corrected chi connectivity index (χ3v) is 3.93. The molecule has 3 rings (SSSR count). The van der Waals surface area contributed by atoms with Crippen molar-refractivity contribution < 1.29 is 4.74 Å². The van der Waals surface area contributed by atoms with Gasteiger partial charge in [-0.05, 0) is 23.6 Å². The van der Waals surface area contributed by atoms with Crippen LogP contribution in [0.4, 0.5) is 0 Å². The molecule has 0 amide bonds. The summed E-state index contributed by atoms with van der Waals surface area (Å²) >= 11 is 0. The minimum atomic E-state index is 0.0903. The average molecular weight is 278 g/mol. The smallest absolute Gasteiger partial charge is 0.174 e. The Labute approximate surface area is 125 Å². The standard InChI is InChI=1S/C18H18N2O/c19-9-10-21-18-8-4-2-6-15(18)12-20-13-16-11-14-5-1-3-7-17(14)16/h1-8,16,20H,10-13H2. The van der Waals surface area contributed by atoms with Crippen LogP contribution in [0.25, 0.3) is 0 Å². The van der Waals surface area contributed by atoms with Crippen LogP contribution in [-0.2, 0) is 13.0 Å². The maximum absolute atomic E-state index is 8.61. The van der Waals surface area contributed by atoms with Gasteiger partial charge in [0.25, 0.3) is 0 Å². The molecule has 0 aromatic heterocycles. The van der Waals surface area contributed by atoms with E-state index in [0.29, 0.717) is 5.92 Å². The predicted octanol–water partition coefficient (Wildman–Crippen LogP) is 3.02. The molecule has 0 radical (unpaired) electrons. The lowest BCUT2D eigenvalue weighted by Crippen LogP contribution is -2.28. The van der Waals surface area contributed by atoms with Crippen molar-refractivity contribution in [1.29, 1.82) is 5.26 Å². The summed E-state index contributed by atoms with van der Waals surface area (Å²) in [5.41, 5.74) is 4.04. The highest BCUT2D eigenvalue weighted by Gasteiger charge is 2.24. The molecule has 1 N–H and O–H groups in total. The van der Waals surface area contributed by atoms with Gasteiger partial charge in [0.05, 0.1) is 0 Å². The van der Waals surface area contributed by atoms with E-state index < -0.39 is 0 Å². The van der Waals surface area contributed by atoms with Gasteiger partial charge in [-0.1, -0.05) is 42.5 Å². The van der Waals surface area contributed by atoms with Crippen molar-refractivity contribution in [3.05, 3.63) is 65.2 Å². The van der Waals surface area contributed by atoms with E-state index in [1.54, 1.807) is 0 Å². The molecule has 0 saturated heterocycles. The second-order valence-electron chi connectivity index (χ2n) is 5.29. The molecule has 0 heterocycles. The molecule has 0 fully saturated rings. The second-order valence-corrected chi connectivity index (χ2v) is 5.29. The first-order valence-electron chi connectivity index (χ1n) is 7.24. The first kappa shape index (κ1) is 13.7. The number of nitriles is 1. The van der Waals surface area contributed by atoms with Crippen LogP contribution in [0.3, 0.4) is 0 Å². The lowest BCUT2D eigenvalue weighted by molar-refractivity contribution is 0.362. The summed E-state index contributed by atoms with van der Waals surface area (Å²) in [7, 11) is 0. The molecule has 3 nitrogen and oxygen atoms in total. The fourth-order valence-corrected chi connectivity index (χ4v) is 2.83. The number of nitrogens with one attached hydrogen (secondary N) is 1. The zero-order chi connectivity index (χ0) is 14.5. The molecule has 2 aromatic rings. The van der Waals surface area contributed by atoms with Crippen molar-refractivity contribution >= 4 is 0 Å². The van der Waals surface area contributed by atoms with Gasteiger partial charge in [0.15, 0.2) is 6.61 Å². The Balaban J connectivity index is 1.54. The van der Waals surface area contributed by atoms with Crippen LogP contribution in [0.1, 0.15) is 22.6 Å². The van der Waals surface area contributed by atoms with Crippen molar-refractivity contribution in [2.24, 2.45) is 0 Å². The van der Waals surface area contributed by atoms with E-state index in [1.807, 2.05) is 30.3 Å². The van der Waals surface area contributed by atoms with Crippen LogP contribution in [0.15, 0.2) is 48.5 Å². The highest BCUT2D eigenvalue weighted by atomic mass is 16.5. The molecule has 1 aliphatic rings. The van der Waals surface area contributed by atoms with Gasteiger partial charge in [0.2, 0.25) is 0 Å². The van der Waals surface area contributed by atoms with Crippen molar-refractivity contribution in [1.82, 2.24) is 5.32 Å². The Morgan fingerprint density at radius 2 is 1.95 bits per heavy atom. The van der Waals surface area contributed by atoms with E-state index in [9.17, 15) is 0 Å². The van der Waals surface area contributed by atoms with Crippen LogP contribution in [0, 0.1) is 11.3 Å². The third kappa shape index (κ3) is 3.07. The van der Waals surface area contributed by atoms with Crippen LogP contribution >= 0.6 is 0 Å². The normalized spacial score (nSPS) is 15.7. The maximum atomic E-state index is 8.61. The van der Waals surface area contributed by atoms with Crippen LogP contribution in [0.5, 0.6) is 5.75 Å². The third-order valence-electron chi connectivity index (χ3n) is 3.93. The van der Waals surface area contributed by atoms with E-state index in [4.69, 9.17) is 10.00 Å². The predicted molar refractivity (Wildman–Crippen MR) is 82.1 cm³/mol. The van der Waals surface area contributed by atoms with E-state index in [-0.39, 0.29) is 6.61 Å². The maximum Gasteiger partial charge on any atom is 0.174 e. The number of benzene rings is 2. The largest absolute Gasteiger partial charge is 0.478 e. The molecule has 2 aromatic carbocycles. The zero-order valence-corrected chi connectivity index (χ0v) is 11.9. The molecule has 0 spiro atoms. The van der Waals surface area contributed by atoms with Crippen molar-refractivity contribution in [3.63, 3.8) is 0 Å². The van der Waals surface area contributed by atoms with Crippen molar-refractivity contribution in [3.8, 4) is 11.8 Å². The van der Waals surface area contributed by atoms with Gasteiger partial charge in [-0.25, -0.2) is 0 Å². The van der Waals surface area contributed by atoms with Gasteiger partial charge < -0.3 is 10.1 Å². The molecular formula is C18H18N2O. The molecule has 1 aliphatic carbocycles.